The number of hydrogen-bond acceptors (Lipinski definition) is 6. The maximum absolute atomic E-state index is 12.0. The molecule has 3 N–H and O–H groups in total. The molecule has 2 amide bonds. The van der Waals surface area contributed by atoms with Crippen LogP contribution in [0.25, 0.3) is 11.5 Å². The number of amides is 2. The lowest BCUT2D eigenvalue weighted by Crippen LogP contribution is -2.28. The maximum Gasteiger partial charge on any atom is 0.230 e. The van der Waals surface area contributed by atoms with E-state index in [0.29, 0.717) is 35.4 Å². The van der Waals surface area contributed by atoms with Gasteiger partial charge in [-0.1, -0.05) is 6.92 Å². The molecule has 0 fully saturated rings. The van der Waals surface area contributed by atoms with Crippen LogP contribution >= 0.6 is 23.7 Å². The summed E-state index contributed by atoms with van der Waals surface area (Å²) < 4.78 is 5.63. The van der Waals surface area contributed by atoms with Crippen LogP contribution in [0, 0.1) is 5.92 Å². The third kappa shape index (κ3) is 5.63. The van der Waals surface area contributed by atoms with Crippen molar-refractivity contribution in [1.82, 2.24) is 15.6 Å². The van der Waals surface area contributed by atoms with Crippen LogP contribution in [0.5, 0.6) is 0 Å². The van der Waals surface area contributed by atoms with Crippen LogP contribution in [0.1, 0.15) is 19.6 Å². The number of hydrogen-bond donors (Lipinski definition) is 3. The van der Waals surface area contributed by atoms with E-state index in [0.717, 1.165) is 0 Å². The van der Waals surface area contributed by atoms with Gasteiger partial charge < -0.3 is 20.4 Å². The standard InChI is InChI=1S/C15H20N4O3S.ClH/c1-9(6-16-3)14(21)19-15-18-12(8-23-15)13-5-4-11(22-13)7-17-10(2)20;/h4-5,8-9,16H,6-7H2,1-3H3,(H,17,20)(H,18,19,21);1H. The Balaban J connectivity index is 0.00000288. The van der Waals surface area contributed by atoms with Gasteiger partial charge in [0.2, 0.25) is 11.8 Å². The molecule has 1 atom stereocenters. The van der Waals surface area contributed by atoms with Gasteiger partial charge in [-0.25, -0.2) is 4.98 Å². The Morgan fingerprint density at radius 2 is 2.12 bits per heavy atom. The minimum Gasteiger partial charge on any atom is -0.458 e. The number of aromatic nitrogens is 1. The first-order valence-corrected chi connectivity index (χ1v) is 8.12. The highest BCUT2D eigenvalue weighted by molar-refractivity contribution is 7.14. The molecule has 2 rings (SSSR count). The predicted octanol–water partition coefficient (Wildman–Crippen LogP) is 2.26. The number of halogens is 1. The van der Waals surface area contributed by atoms with Gasteiger partial charge in [0.1, 0.15) is 11.5 Å². The second-order valence-electron chi connectivity index (χ2n) is 5.16. The highest BCUT2D eigenvalue weighted by Crippen LogP contribution is 2.26. The van der Waals surface area contributed by atoms with Crippen molar-refractivity contribution < 1.29 is 14.0 Å². The number of anilines is 1. The molecule has 0 bridgehead atoms. The van der Waals surface area contributed by atoms with E-state index in [2.05, 4.69) is 20.9 Å². The molecule has 0 saturated carbocycles. The number of carbonyl (C=O) groups is 2. The Morgan fingerprint density at radius 3 is 2.79 bits per heavy atom. The van der Waals surface area contributed by atoms with Crippen LogP contribution < -0.4 is 16.0 Å². The first-order valence-electron chi connectivity index (χ1n) is 7.24. The normalized spacial score (nSPS) is 11.5. The first-order chi connectivity index (χ1) is 11.0. The Labute approximate surface area is 150 Å². The van der Waals surface area contributed by atoms with Gasteiger partial charge >= 0.3 is 0 Å². The van der Waals surface area contributed by atoms with Gasteiger partial charge in [-0.2, -0.15) is 0 Å². The Morgan fingerprint density at radius 1 is 1.38 bits per heavy atom. The minimum absolute atomic E-state index is 0. The fourth-order valence-corrected chi connectivity index (χ4v) is 2.60. The summed E-state index contributed by atoms with van der Waals surface area (Å²) in [6.07, 6.45) is 0. The second-order valence-corrected chi connectivity index (χ2v) is 6.02. The predicted molar refractivity (Wildman–Crippen MR) is 96.3 cm³/mol. The van der Waals surface area contributed by atoms with E-state index in [-0.39, 0.29) is 30.1 Å². The van der Waals surface area contributed by atoms with E-state index >= 15 is 0 Å². The van der Waals surface area contributed by atoms with Crippen molar-refractivity contribution >= 4 is 40.7 Å². The van der Waals surface area contributed by atoms with E-state index in [4.69, 9.17) is 4.42 Å². The van der Waals surface area contributed by atoms with Crippen molar-refractivity contribution in [2.24, 2.45) is 5.92 Å². The average molecular weight is 373 g/mol. The molecule has 0 radical (unpaired) electrons. The summed E-state index contributed by atoms with van der Waals surface area (Å²) in [5.74, 6) is 0.922. The number of furan rings is 1. The van der Waals surface area contributed by atoms with E-state index < -0.39 is 0 Å². The summed E-state index contributed by atoms with van der Waals surface area (Å²) in [5.41, 5.74) is 0.653. The Bertz CT molecular complexity index is 686. The number of carbonyl (C=O) groups excluding carboxylic acids is 2. The number of thiazole rings is 1. The Kier molecular flexibility index (Phi) is 7.90. The van der Waals surface area contributed by atoms with Crippen LogP contribution in [0.3, 0.4) is 0 Å². The summed E-state index contributed by atoms with van der Waals surface area (Å²) in [4.78, 5) is 27.2. The zero-order valence-electron chi connectivity index (χ0n) is 13.7. The number of rotatable bonds is 7. The van der Waals surface area contributed by atoms with Crippen LogP contribution in [0.4, 0.5) is 5.13 Å². The molecule has 0 saturated heterocycles. The molecule has 0 aliphatic heterocycles. The molecule has 0 aliphatic rings. The van der Waals surface area contributed by atoms with Crippen molar-refractivity contribution in [3.8, 4) is 11.5 Å². The zero-order chi connectivity index (χ0) is 16.8. The fourth-order valence-electron chi connectivity index (χ4n) is 1.89. The quantitative estimate of drug-likeness (QED) is 0.692. The Hall–Kier alpha value is -1.90. The summed E-state index contributed by atoms with van der Waals surface area (Å²) in [6, 6.07) is 3.58. The monoisotopic (exact) mass is 372 g/mol. The van der Waals surface area contributed by atoms with Crippen molar-refractivity contribution in [2.45, 2.75) is 20.4 Å². The highest BCUT2D eigenvalue weighted by Gasteiger charge is 2.15. The molecule has 9 heteroatoms. The van der Waals surface area contributed by atoms with Gasteiger partial charge in [-0.05, 0) is 19.2 Å². The van der Waals surface area contributed by atoms with Crippen molar-refractivity contribution in [1.29, 1.82) is 0 Å². The SMILES string of the molecule is CNCC(C)C(=O)Nc1nc(-c2ccc(CNC(C)=O)o2)cs1.Cl. The van der Waals surface area contributed by atoms with E-state index in [1.54, 1.807) is 19.2 Å². The van der Waals surface area contributed by atoms with Crippen LogP contribution in [0.15, 0.2) is 21.9 Å². The minimum atomic E-state index is -0.139. The lowest BCUT2D eigenvalue weighted by Gasteiger charge is -2.09. The lowest BCUT2D eigenvalue weighted by molar-refractivity contribution is -0.120. The van der Waals surface area contributed by atoms with E-state index in [9.17, 15) is 9.59 Å². The van der Waals surface area contributed by atoms with E-state index in [1.165, 1.54) is 18.3 Å². The third-order valence-corrected chi connectivity index (χ3v) is 3.88. The second kappa shape index (κ2) is 9.41. The molecule has 2 aromatic rings. The van der Waals surface area contributed by atoms with Gasteiger partial charge in [-0.15, -0.1) is 23.7 Å². The summed E-state index contributed by atoms with van der Waals surface area (Å²) in [6.45, 7) is 4.24. The van der Waals surface area contributed by atoms with Crippen LogP contribution in [0.2, 0.25) is 0 Å². The van der Waals surface area contributed by atoms with Crippen molar-refractivity contribution in [2.75, 3.05) is 18.9 Å². The highest BCUT2D eigenvalue weighted by atomic mass is 35.5. The van der Waals surface area contributed by atoms with Gasteiger partial charge in [-0.3, -0.25) is 9.59 Å². The van der Waals surface area contributed by atoms with Gasteiger partial charge in [0.15, 0.2) is 10.9 Å². The van der Waals surface area contributed by atoms with E-state index in [1.807, 2.05) is 12.3 Å². The average Bonchev–Trinajstić information content (AvgIpc) is 3.14. The molecule has 2 aromatic heterocycles. The molecule has 1 unspecified atom stereocenters. The number of nitrogens with one attached hydrogen (secondary N) is 3. The van der Waals surface area contributed by atoms with Gasteiger partial charge in [0, 0.05) is 24.8 Å². The third-order valence-electron chi connectivity index (χ3n) is 3.12. The smallest absolute Gasteiger partial charge is 0.230 e. The van der Waals surface area contributed by atoms with Crippen LogP contribution in [-0.2, 0) is 16.1 Å². The molecular formula is C15H21ClN4O3S. The van der Waals surface area contributed by atoms with Crippen LogP contribution in [-0.4, -0.2) is 30.4 Å². The zero-order valence-corrected chi connectivity index (χ0v) is 15.3. The van der Waals surface area contributed by atoms with Gasteiger partial charge in [0.25, 0.3) is 0 Å². The van der Waals surface area contributed by atoms with Gasteiger partial charge in [0.05, 0.1) is 6.54 Å². The topological polar surface area (TPSA) is 96.3 Å². The molecule has 24 heavy (non-hydrogen) atoms. The van der Waals surface area contributed by atoms with Crippen molar-refractivity contribution in [3.63, 3.8) is 0 Å². The summed E-state index contributed by atoms with van der Waals surface area (Å²) >= 11 is 1.34. The summed E-state index contributed by atoms with van der Waals surface area (Å²) in [7, 11) is 1.81. The fraction of sp³-hybridized carbons (Fsp3) is 0.400. The molecule has 132 valence electrons. The van der Waals surface area contributed by atoms with Crippen molar-refractivity contribution in [3.05, 3.63) is 23.3 Å². The molecule has 7 nitrogen and oxygen atoms in total. The molecule has 0 aliphatic carbocycles. The molecule has 0 spiro atoms. The molecule has 0 aromatic carbocycles. The summed E-state index contributed by atoms with van der Waals surface area (Å²) in [5, 5.41) is 10.8. The maximum atomic E-state index is 12.0. The lowest BCUT2D eigenvalue weighted by atomic mass is 10.2. The largest absolute Gasteiger partial charge is 0.458 e. The number of nitrogens with zero attached hydrogens (tertiary/aromatic N) is 1. The molecular weight excluding hydrogens is 352 g/mol. The molecule has 2 heterocycles. The first kappa shape index (κ1) is 20.1.